The van der Waals surface area contributed by atoms with E-state index in [2.05, 4.69) is 15.9 Å². The summed E-state index contributed by atoms with van der Waals surface area (Å²) in [6, 6.07) is 11.3. The lowest BCUT2D eigenvalue weighted by molar-refractivity contribution is -0.122. The van der Waals surface area contributed by atoms with Crippen LogP contribution in [-0.2, 0) is 19.0 Å². The normalized spacial score (nSPS) is 24.6. The van der Waals surface area contributed by atoms with E-state index >= 15 is 0 Å². The van der Waals surface area contributed by atoms with Gasteiger partial charge in [-0.1, -0.05) is 39.7 Å². The number of hydrogen-bond acceptors (Lipinski definition) is 8. The molecule has 5 rings (SSSR count). The fraction of sp³-hybridized carbons (Fsp3) is 0.379. The van der Waals surface area contributed by atoms with E-state index in [1.807, 2.05) is 19.1 Å². The van der Waals surface area contributed by atoms with Gasteiger partial charge < -0.3 is 29.6 Å². The predicted molar refractivity (Wildman–Crippen MR) is 159 cm³/mol. The second kappa shape index (κ2) is 12.2. The maximum atomic E-state index is 13.9. The van der Waals surface area contributed by atoms with Crippen molar-refractivity contribution in [3.63, 3.8) is 0 Å². The molecule has 2 aliphatic heterocycles. The van der Waals surface area contributed by atoms with Gasteiger partial charge in [0.05, 0.1) is 30.2 Å². The third kappa shape index (κ3) is 5.95. The van der Waals surface area contributed by atoms with E-state index < -0.39 is 38.1 Å². The molecule has 9 nitrogen and oxygen atoms in total. The highest BCUT2D eigenvalue weighted by molar-refractivity contribution is 9.10. The van der Waals surface area contributed by atoms with E-state index in [1.165, 1.54) is 12.1 Å². The minimum Gasteiger partial charge on any atom is -0.507 e. The van der Waals surface area contributed by atoms with Crippen LogP contribution < -0.4 is 10.4 Å². The van der Waals surface area contributed by atoms with Crippen LogP contribution in [0.4, 0.5) is 5.69 Å². The summed E-state index contributed by atoms with van der Waals surface area (Å²) in [7, 11) is -1.25. The number of imide groups is 1. The number of amides is 2. The summed E-state index contributed by atoms with van der Waals surface area (Å²) in [5.41, 5.74) is 3.98. The molecule has 1 aliphatic carbocycles. The molecule has 12 heteroatoms. The van der Waals surface area contributed by atoms with Gasteiger partial charge in [0.25, 0.3) is 0 Å². The molecule has 2 aromatic rings. The smallest absolute Gasteiger partial charge is 0.488 e. The molecule has 0 aromatic heterocycles. The molecule has 4 N–H and O–H groups in total. The van der Waals surface area contributed by atoms with Gasteiger partial charge in [-0.15, -0.1) is 0 Å². The summed E-state index contributed by atoms with van der Waals surface area (Å²) >= 11 is 3.43. The number of fused-ring (bicyclic) bond motifs is 3. The first-order valence-corrected chi connectivity index (χ1v) is 14.4. The number of allylic oxidation sites excluding steroid dienone is 1. The first-order valence-electron chi connectivity index (χ1n) is 13.6. The fourth-order valence-electron chi connectivity index (χ4n) is 6.49. The largest absolute Gasteiger partial charge is 0.507 e. The molecule has 3 aliphatic rings. The molecule has 214 valence electrons. The van der Waals surface area contributed by atoms with E-state index in [4.69, 9.17) is 9.39 Å². The number of ether oxygens (including phenoxy) is 1. The average Bonchev–Trinajstić information content (AvgIpc) is 3.18. The highest BCUT2D eigenvalue weighted by Crippen LogP contribution is 2.51. The minimum atomic E-state index is -1.73. The van der Waals surface area contributed by atoms with Crippen LogP contribution in [0.3, 0.4) is 0 Å². The van der Waals surface area contributed by atoms with E-state index in [0.717, 1.165) is 26.1 Å². The lowest BCUT2D eigenvalue weighted by Crippen LogP contribution is -2.46. The molecule has 0 saturated carbocycles. The summed E-state index contributed by atoms with van der Waals surface area (Å²) in [4.78, 5) is 28.7. The molecule has 2 heterocycles. The molecule has 2 amide bonds. The van der Waals surface area contributed by atoms with Gasteiger partial charge in [0.2, 0.25) is 11.8 Å². The second-order valence-corrected chi connectivity index (χ2v) is 11.9. The van der Waals surface area contributed by atoms with E-state index in [9.17, 15) is 29.8 Å². The molecule has 2 saturated heterocycles. The number of phenolic OH excluding ortho intramolecular Hbond substituents is 1. The van der Waals surface area contributed by atoms with Gasteiger partial charge in [0.1, 0.15) is 5.75 Å². The quantitative estimate of drug-likeness (QED) is 0.200. The van der Waals surface area contributed by atoms with Gasteiger partial charge >= 0.3 is 14.2 Å². The van der Waals surface area contributed by atoms with Crippen LogP contribution >= 0.6 is 15.9 Å². The number of phenols is 1. The molecule has 0 unspecified atom stereocenters. The van der Waals surface area contributed by atoms with Crippen LogP contribution in [0.15, 0.2) is 63.7 Å². The number of nitrogens with zero attached hydrogens (tertiary/aromatic N) is 1. The lowest BCUT2D eigenvalue weighted by atomic mass is 9.58. The maximum absolute atomic E-state index is 13.9. The van der Waals surface area contributed by atoms with Crippen molar-refractivity contribution in [2.24, 2.45) is 17.8 Å². The molecular formula is C29H32B2BrNO8. The third-order valence-corrected chi connectivity index (χ3v) is 8.74. The molecule has 2 aromatic carbocycles. The van der Waals surface area contributed by atoms with Gasteiger partial charge in [0.15, 0.2) is 0 Å². The number of methoxy groups -OCH3 is 1. The zero-order chi connectivity index (χ0) is 29.4. The van der Waals surface area contributed by atoms with Crippen molar-refractivity contribution in [1.29, 1.82) is 0 Å². The molecule has 0 radical (unpaired) electrons. The standard InChI is InChI=1S/C29H32B2BrNO8/c1-16(10-17-11-20(32)7-8-24(17)34)6-9-25-26-18(15-40-2)12-22-27(23(26)14-30(37)41-25)29(36)33(28(22)35)21-5-3-4-19(13-21)31(38)39/h3-5,7-8,10-11,13,22-23,25,27,34,37-39H,6,9,12,14-15H2,1-2H3/b16-10+/t22-,23+,25-,27-/m1/s1. The Balaban J connectivity index is 1.43. The second-order valence-electron chi connectivity index (χ2n) is 11.0. The van der Waals surface area contributed by atoms with E-state index in [-0.39, 0.29) is 41.6 Å². The summed E-state index contributed by atoms with van der Waals surface area (Å²) in [5.74, 6) is -2.22. The summed E-state index contributed by atoms with van der Waals surface area (Å²) in [6.07, 6.45) is 3.11. The number of carbonyl (C=O) groups excluding carboxylic acids is 2. The van der Waals surface area contributed by atoms with Crippen molar-refractivity contribution in [2.75, 3.05) is 18.6 Å². The Morgan fingerprint density at radius 1 is 1.20 bits per heavy atom. The SMILES string of the molecule is COCC1=C2[C@@H](CC/C(C)=C/c3cc(Br)ccc3O)OB(O)C[C@@H]2[C@@H]2C(=O)N(c3cccc(B(O)O)c3)C(=O)[C@@H]2C1. The first-order chi connectivity index (χ1) is 19.6. The first kappa shape index (κ1) is 29.8. The Morgan fingerprint density at radius 2 is 1.98 bits per heavy atom. The molecule has 0 bridgehead atoms. The Labute approximate surface area is 247 Å². The van der Waals surface area contributed by atoms with Crippen LogP contribution in [0.2, 0.25) is 6.32 Å². The van der Waals surface area contributed by atoms with Crippen molar-refractivity contribution in [2.45, 2.75) is 38.6 Å². The zero-order valence-corrected chi connectivity index (χ0v) is 24.5. The van der Waals surface area contributed by atoms with Gasteiger partial charge in [-0.3, -0.25) is 14.5 Å². The lowest BCUT2D eigenvalue weighted by Gasteiger charge is -2.43. The van der Waals surface area contributed by atoms with Crippen molar-refractivity contribution < 1.29 is 39.2 Å². The van der Waals surface area contributed by atoms with Crippen LogP contribution in [0.5, 0.6) is 5.75 Å². The Hall–Kier alpha value is -2.73. The molecular weight excluding hydrogens is 592 g/mol. The zero-order valence-electron chi connectivity index (χ0n) is 22.9. The monoisotopic (exact) mass is 623 g/mol. The fourth-order valence-corrected chi connectivity index (χ4v) is 6.87. The number of anilines is 1. The van der Waals surface area contributed by atoms with Crippen LogP contribution in [0.1, 0.15) is 31.7 Å². The minimum absolute atomic E-state index is 0.174. The number of benzene rings is 2. The van der Waals surface area contributed by atoms with Gasteiger partial charge in [-0.2, -0.15) is 0 Å². The predicted octanol–water partition coefficient (Wildman–Crippen LogP) is 2.67. The van der Waals surface area contributed by atoms with Crippen molar-refractivity contribution in [3.8, 4) is 5.75 Å². The van der Waals surface area contributed by atoms with Crippen LogP contribution in [0, 0.1) is 17.8 Å². The molecule has 2 fully saturated rings. The van der Waals surface area contributed by atoms with E-state index in [0.29, 0.717) is 24.8 Å². The maximum Gasteiger partial charge on any atom is 0.488 e. The number of carbonyl (C=O) groups is 2. The summed E-state index contributed by atoms with van der Waals surface area (Å²) in [5, 5.41) is 40.2. The highest BCUT2D eigenvalue weighted by atomic mass is 79.9. The topological polar surface area (TPSA) is 137 Å². The van der Waals surface area contributed by atoms with Gasteiger partial charge in [-0.05, 0) is 85.4 Å². The summed E-state index contributed by atoms with van der Waals surface area (Å²) < 4.78 is 12.4. The van der Waals surface area contributed by atoms with Crippen molar-refractivity contribution in [3.05, 3.63) is 69.2 Å². The Morgan fingerprint density at radius 3 is 2.71 bits per heavy atom. The molecule has 0 spiro atoms. The number of rotatable bonds is 8. The number of aromatic hydroxyl groups is 1. The number of hydrogen-bond donors (Lipinski definition) is 4. The van der Waals surface area contributed by atoms with Gasteiger partial charge in [-0.25, -0.2) is 0 Å². The van der Waals surface area contributed by atoms with Crippen LogP contribution in [-0.4, -0.2) is 66.1 Å². The average molecular weight is 624 g/mol. The third-order valence-electron chi connectivity index (χ3n) is 8.25. The highest BCUT2D eigenvalue weighted by Gasteiger charge is 2.57. The summed E-state index contributed by atoms with van der Waals surface area (Å²) in [6.45, 7) is 2.24. The Kier molecular flexibility index (Phi) is 8.89. The molecule has 41 heavy (non-hydrogen) atoms. The molecule has 4 atom stereocenters. The van der Waals surface area contributed by atoms with E-state index in [1.54, 1.807) is 31.4 Å². The Bertz CT molecular complexity index is 1410. The van der Waals surface area contributed by atoms with Gasteiger partial charge in [0, 0.05) is 17.1 Å². The van der Waals surface area contributed by atoms with Crippen molar-refractivity contribution in [1.82, 2.24) is 0 Å². The van der Waals surface area contributed by atoms with Crippen molar-refractivity contribution >= 4 is 59.2 Å². The van der Waals surface area contributed by atoms with Crippen LogP contribution in [0.25, 0.3) is 6.08 Å². The number of halogens is 1.